The lowest BCUT2D eigenvalue weighted by atomic mass is 9.63. The van der Waals surface area contributed by atoms with Crippen LogP contribution in [0.2, 0.25) is 0 Å². The van der Waals surface area contributed by atoms with Crippen LogP contribution in [0.15, 0.2) is 12.2 Å². The summed E-state index contributed by atoms with van der Waals surface area (Å²) >= 11 is 0. The molecule has 2 amide bonds. The van der Waals surface area contributed by atoms with Crippen LogP contribution in [0, 0.1) is 35.5 Å². The zero-order chi connectivity index (χ0) is 10.3. The molecule has 76 valence electrons. The summed E-state index contributed by atoms with van der Waals surface area (Å²) in [6.07, 6.45) is 5.33. The number of carbonyl (C=O) groups excluding carboxylic acids is 2. The van der Waals surface area contributed by atoms with Gasteiger partial charge in [0, 0.05) is 5.84 Å². The van der Waals surface area contributed by atoms with Crippen LogP contribution in [0.1, 0.15) is 6.42 Å². The standard InChI is InChI=1S/C11H10N2O2/c12-13-10(14)8-4-1-2-5(7-3-6(4)7)9(8)11(13)15/h1-2,4-9H,3H2/t4?,5?,6-,7+,8+,9-. The van der Waals surface area contributed by atoms with E-state index in [9.17, 15) is 15.4 Å². The molecule has 0 spiro atoms. The molecule has 1 heterocycles. The number of rotatable bonds is 0. The van der Waals surface area contributed by atoms with Gasteiger partial charge in [-0.15, -0.1) is 0 Å². The number of hydrogen-bond acceptors (Lipinski definition) is 2. The Morgan fingerprint density at radius 3 is 2.00 bits per heavy atom. The number of imide groups is 1. The van der Waals surface area contributed by atoms with Crippen LogP contribution in [0.25, 0.3) is 0 Å². The molecule has 6 atom stereocenters. The normalized spacial score (nSPS) is 54.6. The van der Waals surface area contributed by atoms with E-state index in [1.54, 1.807) is 0 Å². The Kier molecular flexibility index (Phi) is 1.16. The number of nitrogens with zero attached hydrogens (tertiary/aromatic N) is 2. The predicted octanol–water partition coefficient (Wildman–Crippen LogP) is 0.0232. The fourth-order valence-electron chi connectivity index (χ4n) is 3.94. The summed E-state index contributed by atoms with van der Waals surface area (Å²) in [5.41, 5.74) is 0. The lowest BCUT2D eigenvalue weighted by molar-refractivity contribution is -0.141. The van der Waals surface area contributed by atoms with Crippen molar-refractivity contribution in [2.45, 2.75) is 6.42 Å². The van der Waals surface area contributed by atoms with Crippen molar-refractivity contribution in [1.29, 1.82) is 0 Å². The minimum absolute atomic E-state index is 0.207. The average Bonchev–Trinajstić information content (AvgIpc) is 3.02. The first-order chi connectivity index (χ1) is 7.20. The van der Waals surface area contributed by atoms with Gasteiger partial charge in [0.25, 0.3) is 11.8 Å². The van der Waals surface area contributed by atoms with E-state index in [2.05, 4.69) is 12.2 Å². The van der Waals surface area contributed by atoms with Crippen molar-refractivity contribution in [3.8, 4) is 0 Å². The molecule has 1 aliphatic heterocycles. The van der Waals surface area contributed by atoms with Gasteiger partial charge in [-0.25, -0.2) is 0 Å². The van der Waals surface area contributed by atoms with Gasteiger partial charge in [-0.05, 0) is 30.1 Å². The van der Waals surface area contributed by atoms with Gasteiger partial charge >= 0.3 is 0 Å². The van der Waals surface area contributed by atoms with Gasteiger partial charge in [0.2, 0.25) is 0 Å². The second-order valence-electron chi connectivity index (χ2n) is 5.14. The van der Waals surface area contributed by atoms with E-state index in [0.29, 0.717) is 16.8 Å². The number of carbonyl (C=O) groups is 2. The van der Waals surface area contributed by atoms with Crippen LogP contribution in [0.3, 0.4) is 0 Å². The highest BCUT2D eigenvalue weighted by molar-refractivity contribution is 6.05. The maximum absolute atomic E-state index is 11.7. The van der Waals surface area contributed by atoms with Crippen LogP contribution in [0.4, 0.5) is 0 Å². The molecule has 0 aromatic rings. The van der Waals surface area contributed by atoms with Gasteiger partial charge in [0.15, 0.2) is 0 Å². The molecule has 5 rings (SSSR count). The molecule has 0 aromatic carbocycles. The topological polar surface area (TPSA) is 59.7 Å². The lowest BCUT2D eigenvalue weighted by Gasteiger charge is -2.37. The third-order valence-electron chi connectivity index (χ3n) is 4.64. The molecule has 4 nitrogen and oxygen atoms in total. The summed E-state index contributed by atoms with van der Waals surface area (Å²) in [6, 6.07) is 0. The van der Waals surface area contributed by atoms with Gasteiger partial charge in [-0.2, -0.15) is 5.01 Å². The van der Waals surface area contributed by atoms with Crippen molar-refractivity contribution in [3.63, 3.8) is 0 Å². The quantitative estimate of drug-likeness (QED) is 0.411. The zero-order valence-electron chi connectivity index (χ0n) is 8.04. The largest absolute Gasteiger partial charge is 0.272 e. The lowest BCUT2D eigenvalue weighted by Crippen LogP contribution is -2.40. The Morgan fingerprint density at radius 1 is 1.07 bits per heavy atom. The van der Waals surface area contributed by atoms with Crippen molar-refractivity contribution in [2.75, 3.05) is 0 Å². The van der Waals surface area contributed by atoms with E-state index in [1.165, 1.54) is 0 Å². The van der Waals surface area contributed by atoms with E-state index in [1.807, 2.05) is 0 Å². The molecule has 1 saturated heterocycles. The van der Waals surface area contributed by atoms with E-state index in [4.69, 9.17) is 0 Å². The number of allylic oxidation sites excluding steroid dienone is 2. The first-order valence-electron chi connectivity index (χ1n) is 5.45. The molecule has 0 aromatic heterocycles. The molecule has 2 radical (unpaired) electrons. The van der Waals surface area contributed by atoms with Crippen LogP contribution in [-0.2, 0) is 9.59 Å². The Bertz CT molecular complexity index is 381. The second kappa shape index (κ2) is 2.16. The number of amides is 2. The minimum atomic E-state index is -0.380. The first-order valence-corrected chi connectivity index (χ1v) is 5.45. The smallest absolute Gasteiger partial charge is 0.250 e. The van der Waals surface area contributed by atoms with Crippen LogP contribution in [-0.4, -0.2) is 16.8 Å². The van der Waals surface area contributed by atoms with Crippen molar-refractivity contribution in [3.05, 3.63) is 12.2 Å². The fraction of sp³-hybridized carbons (Fsp3) is 0.636. The van der Waals surface area contributed by atoms with Crippen molar-refractivity contribution in [1.82, 2.24) is 10.9 Å². The van der Waals surface area contributed by atoms with E-state index in [-0.39, 0.29) is 35.5 Å². The van der Waals surface area contributed by atoms with Crippen LogP contribution >= 0.6 is 0 Å². The van der Waals surface area contributed by atoms with E-state index < -0.39 is 0 Å². The predicted molar refractivity (Wildman–Crippen MR) is 48.7 cm³/mol. The maximum Gasteiger partial charge on any atom is 0.250 e. The van der Waals surface area contributed by atoms with Gasteiger partial charge in [0.1, 0.15) is 0 Å². The molecule has 15 heavy (non-hydrogen) atoms. The fourth-order valence-corrected chi connectivity index (χ4v) is 3.94. The molecule has 2 unspecified atom stereocenters. The summed E-state index contributed by atoms with van der Waals surface area (Å²) in [6.45, 7) is 0. The van der Waals surface area contributed by atoms with E-state index in [0.717, 1.165) is 6.42 Å². The monoisotopic (exact) mass is 202 g/mol. The molecule has 4 aliphatic carbocycles. The molecule has 2 bridgehead atoms. The van der Waals surface area contributed by atoms with Crippen LogP contribution in [0.5, 0.6) is 0 Å². The molecule has 5 aliphatic rings. The summed E-state index contributed by atoms with van der Waals surface area (Å²) in [4.78, 5) is 23.5. The average molecular weight is 202 g/mol. The van der Waals surface area contributed by atoms with Gasteiger partial charge in [-0.3, -0.25) is 9.59 Å². The molecule has 0 N–H and O–H groups in total. The highest BCUT2D eigenvalue weighted by Gasteiger charge is 2.67. The highest BCUT2D eigenvalue weighted by atomic mass is 16.2. The summed E-state index contributed by atoms with van der Waals surface area (Å²) in [5, 5.41) is 0.354. The van der Waals surface area contributed by atoms with Gasteiger partial charge < -0.3 is 0 Å². The van der Waals surface area contributed by atoms with Crippen molar-refractivity contribution < 1.29 is 9.59 Å². The Morgan fingerprint density at radius 2 is 1.53 bits per heavy atom. The summed E-state index contributed by atoms with van der Waals surface area (Å²) < 4.78 is 0. The molecule has 4 heteroatoms. The zero-order valence-corrected chi connectivity index (χ0v) is 8.04. The highest BCUT2D eigenvalue weighted by Crippen LogP contribution is 2.65. The molecular formula is C11H10N2O2. The van der Waals surface area contributed by atoms with Gasteiger partial charge in [0.05, 0.1) is 11.8 Å². The first kappa shape index (κ1) is 8.05. The summed E-state index contributed by atoms with van der Waals surface area (Å²) in [5.74, 6) is 9.70. The van der Waals surface area contributed by atoms with Gasteiger partial charge in [-0.1, -0.05) is 12.2 Å². The van der Waals surface area contributed by atoms with E-state index >= 15 is 0 Å². The molecular weight excluding hydrogens is 192 g/mol. The Hall–Kier alpha value is -1.16. The maximum atomic E-state index is 11.7. The summed E-state index contributed by atoms with van der Waals surface area (Å²) in [7, 11) is 0. The van der Waals surface area contributed by atoms with Crippen molar-refractivity contribution in [2.24, 2.45) is 35.5 Å². The number of hydrogen-bond donors (Lipinski definition) is 0. The second-order valence-corrected chi connectivity index (χ2v) is 5.14. The Labute approximate surface area is 87.1 Å². The Balaban J connectivity index is 1.86. The minimum Gasteiger partial charge on any atom is -0.272 e. The molecule has 2 saturated carbocycles. The van der Waals surface area contributed by atoms with Crippen LogP contribution < -0.4 is 5.84 Å². The SMILES string of the molecule is [N]N1C(=O)[C@@H]2C3C=CC([C@H]4C[C@@H]34)[C@@H]2C1=O. The molecule has 3 fully saturated rings. The van der Waals surface area contributed by atoms with Crippen molar-refractivity contribution >= 4 is 11.8 Å². The third kappa shape index (κ3) is 0.718. The third-order valence-corrected chi connectivity index (χ3v) is 4.64.